The van der Waals surface area contributed by atoms with E-state index in [4.69, 9.17) is 38.0 Å². The number of benzene rings is 2. The molecule has 1 amide bonds. The number of methoxy groups -OCH3 is 2. The predicted octanol–water partition coefficient (Wildman–Crippen LogP) is 4.36. The van der Waals surface area contributed by atoms with Gasteiger partial charge in [0, 0.05) is 22.3 Å². The maximum atomic E-state index is 13.5. The molecule has 10 heteroatoms. The number of halogens is 1. The third-order valence-corrected chi connectivity index (χ3v) is 5.56. The molecule has 0 fully saturated rings. The number of carbonyl (C=O) groups excluding carboxylic acids is 2. The van der Waals surface area contributed by atoms with E-state index in [1.54, 1.807) is 43.3 Å². The van der Waals surface area contributed by atoms with Gasteiger partial charge in [0.1, 0.15) is 0 Å². The van der Waals surface area contributed by atoms with Gasteiger partial charge in [0.25, 0.3) is 5.91 Å². The van der Waals surface area contributed by atoms with Gasteiger partial charge in [0.15, 0.2) is 16.6 Å². The molecular formula is C24H26ClN3O5S. The summed E-state index contributed by atoms with van der Waals surface area (Å²) in [5, 5.41) is 9.71. The maximum Gasteiger partial charge on any atom is 0.339 e. The molecule has 8 nitrogen and oxygen atoms in total. The van der Waals surface area contributed by atoms with Crippen molar-refractivity contribution in [2.24, 2.45) is 0 Å². The lowest BCUT2D eigenvalue weighted by molar-refractivity contribution is -0.113. The third-order valence-electron chi connectivity index (χ3n) is 5.12. The minimum absolute atomic E-state index is 0.233. The fraction of sp³-hybridized carbons (Fsp3) is 0.292. The highest BCUT2D eigenvalue weighted by molar-refractivity contribution is 7.80. The highest BCUT2D eigenvalue weighted by Crippen LogP contribution is 2.41. The first-order valence-electron chi connectivity index (χ1n) is 10.6. The van der Waals surface area contributed by atoms with Crippen molar-refractivity contribution in [3.8, 4) is 11.5 Å². The Labute approximate surface area is 208 Å². The topological polar surface area (TPSA) is 97.9 Å². The van der Waals surface area contributed by atoms with Gasteiger partial charge in [-0.15, -0.1) is 0 Å². The molecule has 0 aliphatic carbocycles. The zero-order valence-electron chi connectivity index (χ0n) is 19.3. The number of ether oxygens (including phenoxy) is 3. The number of para-hydroxylation sites is 1. The van der Waals surface area contributed by atoms with Crippen LogP contribution in [0, 0.1) is 0 Å². The molecule has 0 spiro atoms. The second-order valence-corrected chi connectivity index (χ2v) is 8.28. The van der Waals surface area contributed by atoms with Gasteiger partial charge in [-0.1, -0.05) is 30.7 Å². The first-order chi connectivity index (χ1) is 16.3. The fourth-order valence-electron chi connectivity index (χ4n) is 3.61. The van der Waals surface area contributed by atoms with Crippen LogP contribution in [-0.2, 0) is 9.53 Å². The van der Waals surface area contributed by atoms with Crippen molar-refractivity contribution in [3.05, 3.63) is 63.8 Å². The number of thiocarbonyl (C=S) groups is 1. The summed E-state index contributed by atoms with van der Waals surface area (Å²) in [4.78, 5) is 25.7. The van der Waals surface area contributed by atoms with Crippen molar-refractivity contribution >= 4 is 46.5 Å². The van der Waals surface area contributed by atoms with Crippen LogP contribution in [0.25, 0.3) is 0 Å². The Hall–Kier alpha value is -3.30. The molecule has 180 valence electrons. The molecule has 1 aliphatic heterocycles. The normalized spacial score (nSPS) is 15.2. The third kappa shape index (κ3) is 5.43. The zero-order valence-corrected chi connectivity index (χ0v) is 20.9. The lowest BCUT2D eigenvalue weighted by Gasteiger charge is -2.32. The van der Waals surface area contributed by atoms with E-state index >= 15 is 0 Å². The summed E-state index contributed by atoms with van der Waals surface area (Å²) in [6.45, 7) is 4.18. The summed E-state index contributed by atoms with van der Waals surface area (Å²) < 4.78 is 16.3. The molecule has 3 N–H and O–H groups in total. The Bertz CT molecular complexity index is 1150. The molecule has 0 unspecified atom stereocenters. The molecule has 1 aliphatic rings. The van der Waals surface area contributed by atoms with Crippen LogP contribution in [0.1, 0.15) is 42.2 Å². The highest BCUT2D eigenvalue weighted by Gasteiger charge is 2.33. The smallest absolute Gasteiger partial charge is 0.339 e. The van der Waals surface area contributed by atoms with Crippen molar-refractivity contribution in [3.63, 3.8) is 0 Å². The number of carbonyl (C=O) groups is 2. The van der Waals surface area contributed by atoms with Gasteiger partial charge in [0.2, 0.25) is 0 Å². The Morgan fingerprint density at radius 3 is 2.62 bits per heavy atom. The van der Waals surface area contributed by atoms with Crippen LogP contribution in [-0.4, -0.2) is 37.8 Å². The molecule has 0 saturated carbocycles. The van der Waals surface area contributed by atoms with Crippen LogP contribution in [0.3, 0.4) is 0 Å². The second-order valence-electron chi connectivity index (χ2n) is 7.44. The molecule has 0 saturated heterocycles. The van der Waals surface area contributed by atoms with Gasteiger partial charge in [-0.3, -0.25) is 4.79 Å². The SMILES string of the molecule is CCCOc1c(OC)cc(Cl)cc1[C@@H]1NC(=S)NC(C)=C1C(=O)Nc1ccccc1C(=O)OC. The average molecular weight is 504 g/mol. The van der Waals surface area contributed by atoms with E-state index in [1.807, 2.05) is 6.92 Å². The molecule has 0 bridgehead atoms. The number of rotatable bonds is 8. The molecule has 1 heterocycles. The quantitative estimate of drug-likeness (QED) is 0.361. The number of amides is 1. The second kappa shape index (κ2) is 11.2. The molecule has 3 rings (SSSR count). The van der Waals surface area contributed by atoms with Crippen LogP contribution < -0.4 is 25.4 Å². The van der Waals surface area contributed by atoms with Crippen LogP contribution in [0.2, 0.25) is 5.02 Å². The Morgan fingerprint density at radius 1 is 1.21 bits per heavy atom. The minimum atomic E-state index is -0.696. The van der Waals surface area contributed by atoms with Crippen molar-refractivity contribution in [2.75, 3.05) is 26.1 Å². The van der Waals surface area contributed by atoms with Crippen molar-refractivity contribution in [1.29, 1.82) is 0 Å². The molecule has 1 atom stereocenters. The van der Waals surface area contributed by atoms with Crippen molar-refractivity contribution in [1.82, 2.24) is 10.6 Å². The number of hydrogen-bond donors (Lipinski definition) is 3. The summed E-state index contributed by atoms with van der Waals surface area (Å²) in [6.07, 6.45) is 0.774. The zero-order chi connectivity index (χ0) is 24.8. The monoisotopic (exact) mass is 503 g/mol. The fourth-order valence-corrected chi connectivity index (χ4v) is 4.10. The van der Waals surface area contributed by atoms with Gasteiger partial charge in [0.05, 0.1) is 43.7 Å². The van der Waals surface area contributed by atoms with E-state index in [9.17, 15) is 9.59 Å². The van der Waals surface area contributed by atoms with E-state index < -0.39 is 17.9 Å². The molecule has 0 radical (unpaired) electrons. The number of esters is 1. The Kier molecular flexibility index (Phi) is 8.36. The number of anilines is 1. The van der Waals surface area contributed by atoms with Crippen LogP contribution in [0.5, 0.6) is 11.5 Å². The van der Waals surface area contributed by atoms with E-state index in [2.05, 4.69) is 16.0 Å². The first-order valence-corrected chi connectivity index (χ1v) is 11.4. The lowest BCUT2D eigenvalue weighted by Crippen LogP contribution is -2.46. The van der Waals surface area contributed by atoms with E-state index in [0.29, 0.717) is 50.8 Å². The van der Waals surface area contributed by atoms with Gasteiger partial charge in [-0.25, -0.2) is 4.79 Å². The highest BCUT2D eigenvalue weighted by atomic mass is 35.5. The molecule has 2 aromatic carbocycles. The summed E-state index contributed by atoms with van der Waals surface area (Å²) in [5.41, 5.74) is 2.03. The van der Waals surface area contributed by atoms with Crippen LogP contribution in [0.15, 0.2) is 47.7 Å². The Morgan fingerprint density at radius 2 is 1.94 bits per heavy atom. The standard InChI is InChI=1S/C24H26ClN3O5S/c1-5-10-33-21-16(11-14(25)12-18(21)31-3)20-19(13(2)26-24(34)28-20)22(29)27-17-9-7-6-8-15(17)23(30)32-4/h6-9,11-12,20H,5,10H2,1-4H3,(H,27,29)(H2,26,28,34)/t20-/m0/s1. The van der Waals surface area contributed by atoms with Gasteiger partial charge >= 0.3 is 5.97 Å². The summed E-state index contributed by atoms with van der Waals surface area (Å²) in [5.74, 6) is -0.101. The van der Waals surface area contributed by atoms with Crippen molar-refractivity contribution in [2.45, 2.75) is 26.3 Å². The minimum Gasteiger partial charge on any atom is -0.493 e. The molecule has 2 aromatic rings. The van der Waals surface area contributed by atoms with E-state index in [0.717, 1.165) is 6.42 Å². The van der Waals surface area contributed by atoms with E-state index in [-0.39, 0.29) is 5.56 Å². The molecule has 0 aromatic heterocycles. The first kappa shape index (κ1) is 25.3. The van der Waals surface area contributed by atoms with Crippen LogP contribution >= 0.6 is 23.8 Å². The molecular weight excluding hydrogens is 478 g/mol. The van der Waals surface area contributed by atoms with E-state index in [1.165, 1.54) is 14.2 Å². The predicted molar refractivity (Wildman–Crippen MR) is 135 cm³/mol. The Balaban J connectivity index is 2.09. The van der Waals surface area contributed by atoms with Crippen molar-refractivity contribution < 1.29 is 23.8 Å². The summed E-state index contributed by atoms with van der Waals surface area (Å²) in [6, 6.07) is 9.27. The van der Waals surface area contributed by atoms with Gasteiger partial charge in [-0.05, 0) is 43.8 Å². The average Bonchev–Trinajstić information content (AvgIpc) is 2.81. The summed E-state index contributed by atoms with van der Waals surface area (Å²) in [7, 11) is 2.80. The van der Waals surface area contributed by atoms with Gasteiger partial charge < -0.3 is 30.2 Å². The molecule has 34 heavy (non-hydrogen) atoms. The largest absolute Gasteiger partial charge is 0.493 e. The van der Waals surface area contributed by atoms with Gasteiger partial charge in [-0.2, -0.15) is 0 Å². The number of nitrogens with one attached hydrogen (secondary N) is 3. The number of hydrogen-bond acceptors (Lipinski definition) is 6. The lowest BCUT2D eigenvalue weighted by atomic mass is 9.93. The summed E-state index contributed by atoms with van der Waals surface area (Å²) >= 11 is 11.7. The maximum absolute atomic E-state index is 13.5. The number of allylic oxidation sites excluding steroid dienone is 1. The van der Waals surface area contributed by atoms with Crippen LogP contribution in [0.4, 0.5) is 5.69 Å².